The van der Waals surface area contributed by atoms with Crippen LogP contribution in [0.25, 0.3) is 28.1 Å². The summed E-state index contributed by atoms with van der Waals surface area (Å²) in [6, 6.07) is 15.7. The summed E-state index contributed by atoms with van der Waals surface area (Å²) in [4.78, 5) is 32.6. The van der Waals surface area contributed by atoms with Gasteiger partial charge in [0.2, 0.25) is 5.95 Å². The van der Waals surface area contributed by atoms with E-state index >= 15 is 0 Å². The first-order valence-electron chi connectivity index (χ1n) is 9.36. The molecule has 150 valence electrons. The number of para-hydroxylation sites is 1. The molecule has 2 aromatic heterocycles. The van der Waals surface area contributed by atoms with Crippen molar-refractivity contribution < 1.29 is 14.5 Å². The third kappa shape index (κ3) is 3.39. The van der Waals surface area contributed by atoms with Crippen molar-refractivity contribution in [2.24, 2.45) is 0 Å². The van der Waals surface area contributed by atoms with Crippen molar-refractivity contribution in [2.75, 3.05) is 6.61 Å². The van der Waals surface area contributed by atoms with Crippen LogP contribution in [0.5, 0.6) is 0 Å². The molecule has 0 aliphatic carbocycles. The third-order valence-corrected chi connectivity index (χ3v) is 4.70. The van der Waals surface area contributed by atoms with Crippen molar-refractivity contribution in [1.29, 1.82) is 0 Å². The summed E-state index contributed by atoms with van der Waals surface area (Å²) in [6.45, 7) is 3.60. The van der Waals surface area contributed by atoms with Crippen molar-refractivity contribution in [1.82, 2.24) is 14.5 Å². The fourth-order valence-corrected chi connectivity index (χ4v) is 3.35. The predicted octanol–water partition coefficient (Wildman–Crippen LogP) is 4.48. The van der Waals surface area contributed by atoms with Crippen LogP contribution in [0.2, 0.25) is 0 Å². The van der Waals surface area contributed by atoms with E-state index in [2.05, 4.69) is 9.97 Å². The molecule has 0 unspecified atom stereocenters. The standard InChI is InChI=1S/C22H18N4O4/c1-3-30-21(27)19-14(2)23-22(25-12-11-15-7-4-5-10-18(15)25)24-20(19)16-8-6-9-17(13-16)26(28)29/h4-13H,3H2,1-2H3. The average Bonchev–Trinajstić information content (AvgIpc) is 3.17. The molecular formula is C22H18N4O4. The first-order valence-corrected chi connectivity index (χ1v) is 9.36. The maximum atomic E-state index is 12.6. The molecule has 0 saturated carbocycles. The molecule has 4 rings (SSSR count). The first-order chi connectivity index (χ1) is 14.5. The van der Waals surface area contributed by atoms with E-state index in [-0.39, 0.29) is 23.6 Å². The van der Waals surface area contributed by atoms with Gasteiger partial charge in [-0.3, -0.25) is 14.7 Å². The van der Waals surface area contributed by atoms with Gasteiger partial charge in [-0.05, 0) is 26.0 Å². The fourth-order valence-electron chi connectivity index (χ4n) is 3.35. The zero-order chi connectivity index (χ0) is 21.3. The number of benzene rings is 2. The van der Waals surface area contributed by atoms with Gasteiger partial charge in [-0.2, -0.15) is 0 Å². The van der Waals surface area contributed by atoms with Gasteiger partial charge in [-0.15, -0.1) is 0 Å². The highest BCUT2D eigenvalue weighted by Crippen LogP contribution is 2.29. The maximum Gasteiger partial charge on any atom is 0.342 e. The third-order valence-electron chi connectivity index (χ3n) is 4.70. The van der Waals surface area contributed by atoms with Crippen LogP contribution < -0.4 is 0 Å². The number of carbonyl (C=O) groups is 1. The van der Waals surface area contributed by atoms with Crippen molar-refractivity contribution in [2.45, 2.75) is 13.8 Å². The summed E-state index contributed by atoms with van der Waals surface area (Å²) in [5.41, 5.74) is 2.17. The molecule has 0 aliphatic rings. The van der Waals surface area contributed by atoms with Crippen LogP contribution in [-0.4, -0.2) is 32.0 Å². The number of esters is 1. The Balaban J connectivity index is 1.97. The molecule has 0 amide bonds. The average molecular weight is 402 g/mol. The fraction of sp³-hybridized carbons (Fsp3) is 0.136. The largest absolute Gasteiger partial charge is 0.462 e. The highest BCUT2D eigenvalue weighted by Gasteiger charge is 2.23. The number of fused-ring (bicyclic) bond motifs is 1. The molecule has 8 nitrogen and oxygen atoms in total. The smallest absolute Gasteiger partial charge is 0.342 e. The first kappa shape index (κ1) is 19.3. The molecular weight excluding hydrogens is 384 g/mol. The second kappa shape index (κ2) is 7.75. The topological polar surface area (TPSA) is 100 Å². The molecule has 8 heteroatoms. The predicted molar refractivity (Wildman–Crippen MR) is 112 cm³/mol. The van der Waals surface area contributed by atoms with E-state index in [1.807, 2.05) is 41.1 Å². The van der Waals surface area contributed by atoms with E-state index in [9.17, 15) is 14.9 Å². The molecule has 4 aromatic rings. The molecule has 2 aromatic carbocycles. The van der Waals surface area contributed by atoms with Gasteiger partial charge in [-0.25, -0.2) is 14.8 Å². The lowest BCUT2D eigenvalue weighted by Crippen LogP contribution is -2.14. The number of hydrogen-bond donors (Lipinski definition) is 0. The van der Waals surface area contributed by atoms with Gasteiger partial charge in [-0.1, -0.05) is 30.3 Å². The van der Waals surface area contributed by atoms with Gasteiger partial charge >= 0.3 is 5.97 Å². The Labute approximate surface area is 171 Å². The maximum absolute atomic E-state index is 12.6. The van der Waals surface area contributed by atoms with Crippen molar-refractivity contribution in [3.05, 3.63) is 82.2 Å². The van der Waals surface area contributed by atoms with Crippen LogP contribution >= 0.6 is 0 Å². The quantitative estimate of drug-likeness (QED) is 0.277. The van der Waals surface area contributed by atoms with Gasteiger partial charge in [0, 0.05) is 29.3 Å². The molecule has 0 N–H and O–H groups in total. The second-order valence-corrected chi connectivity index (χ2v) is 6.61. The number of nitrogens with zero attached hydrogens (tertiary/aromatic N) is 4. The highest BCUT2D eigenvalue weighted by molar-refractivity contribution is 5.97. The number of rotatable bonds is 5. The number of nitro benzene ring substituents is 1. The summed E-state index contributed by atoms with van der Waals surface area (Å²) in [6.07, 6.45) is 1.85. The van der Waals surface area contributed by atoms with Crippen LogP contribution in [0, 0.1) is 17.0 Å². The summed E-state index contributed by atoms with van der Waals surface area (Å²) < 4.78 is 7.01. The zero-order valence-electron chi connectivity index (χ0n) is 16.4. The second-order valence-electron chi connectivity index (χ2n) is 6.61. The Bertz CT molecular complexity index is 1280. The molecule has 0 aliphatic heterocycles. The Kier molecular flexibility index (Phi) is 4.97. The molecule has 0 fully saturated rings. The molecule has 0 bridgehead atoms. The summed E-state index contributed by atoms with van der Waals surface area (Å²) in [5.74, 6) is -0.205. The molecule has 0 spiro atoms. The lowest BCUT2D eigenvalue weighted by Gasteiger charge is -2.13. The summed E-state index contributed by atoms with van der Waals surface area (Å²) in [7, 11) is 0. The number of hydrogen-bond acceptors (Lipinski definition) is 6. The number of ether oxygens (including phenoxy) is 1. The van der Waals surface area contributed by atoms with Crippen LogP contribution in [0.3, 0.4) is 0 Å². The Morgan fingerprint density at radius 1 is 1.13 bits per heavy atom. The van der Waals surface area contributed by atoms with E-state index in [0.29, 0.717) is 17.2 Å². The number of aryl methyl sites for hydroxylation is 1. The lowest BCUT2D eigenvalue weighted by molar-refractivity contribution is -0.384. The van der Waals surface area contributed by atoms with Crippen LogP contribution in [0.4, 0.5) is 5.69 Å². The number of carbonyl (C=O) groups excluding carboxylic acids is 1. The van der Waals surface area contributed by atoms with E-state index in [1.165, 1.54) is 12.1 Å². The van der Waals surface area contributed by atoms with Crippen LogP contribution in [0.15, 0.2) is 60.8 Å². The molecule has 30 heavy (non-hydrogen) atoms. The van der Waals surface area contributed by atoms with Gasteiger partial charge in [0.1, 0.15) is 5.56 Å². The zero-order valence-corrected chi connectivity index (χ0v) is 16.4. The number of nitro groups is 1. The molecule has 0 radical (unpaired) electrons. The molecule has 0 atom stereocenters. The Hall–Kier alpha value is -4.07. The SMILES string of the molecule is CCOC(=O)c1c(C)nc(-n2ccc3ccccc32)nc1-c1cccc([N+](=O)[O-])c1. The molecule has 0 saturated heterocycles. The van der Waals surface area contributed by atoms with Gasteiger partial charge in [0.05, 0.1) is 28.4 Å². The minimum Gasteiger partial charge on any atom is -0.462 e. The monoisotopic (exact) mass is 402 g/mol. The number of aromatic nitrogens is 3. The number of non-ortho nitro benzene ring substituents is 1. The van der Waals surface area contributed by atoms with Crippen molar-refractivity contribution in [3.63, 3.8) is 0 Å². The van der Waals surface area contributed by atoms with Crippen LogP contribution in [0.1, 0.15) is 23.0 Å². The Morgan fingerprint density at radius 2 is 1.93 bits per heavy atom. The minimum atomic E-state index is -0.569. The van der Waals surface area contributed by atoms with E-state index < -0.39 is 10.9 Å². The van der Waals surface area contributed by atoms with E-state index in [4.69, 9.17) is 4.74 Å². The summed E-state index contributed by atoms with van der Waals surface area (Å²) >= 11 is 0. The van der Waals surface area contributed by atoms with Crippen molar-refractivity contribution >= 4 is 22.6 Å². The highest BCUT2D eigenvalue weighted by atomic mass is 16.6. The van der Waals surface area contributed by atoms with Gasteiger partial charge < -0.3 is 4.74 Å². The van der Waals surface area contributed by atoms with Crippen LogP contribution in [-0.2, 0) is 4.74 Å². The molecule has 2 heterocycles. The summed E-state index contributed by atoms with van der Waals surface area (Å²) in [5, 5.41) is 12.3. The van der Waals surface area contributed by atoms with Crippen molar-refractivity contribution in [3.8, 4) is 17.2 Å². The van der Waals surface area contributed by atoms with E-state index in [0.717, 1.165) is 10.9 Å². The Morgan fingerprint density at radius 3 is 2.70 bits per heavy atom. The van der Waals surface area contributed by atoms with Gasteiger partial charge in [0.15, 0.2) is 0 Å². The van der Waals surface area contributed by atoms with E-state index in [1.54, 1.807) is 26.0 Å². The van der Waals surface area contributed by atoms with Gasteiger partial charge in [0.25, 0.3) is 5.69 Å². The minimum absolute atomic E-state index is 0.0912. The normalized spacial score (nSPS) is 10.9. The lowest BCUT2D eigenvalue weighted by atomic mass is 10.0.